The van der Waals surface area contributed by atoms with Crippen molar-refractivity contribution in [3.8, 4) is 0 Å². The van der Waals surface area contributed by atoms with Crippen molar-refractivity contribution in [3.63, 3.8) is 0 Å². The van der Waals surface area contributed by atoms with Crippen LogP contribution >= 0.6 is 0 Å². The van der Waals surface area contributed by atoms with Crippen LogP contribution in [0.2, 0.25) is 0 Å². The van der Waals surface area contributed by atoms with Crippen molar-refractivity contribution in [1.29, 1.82) is 0 Å². The van der Waals surface area contributed by atoms with Crippen LogP contribution in [-0.4, -0.2) is 29.7 Å². The Balaban J connectivity index is 1.64. The molecule has 1 aliphatic carbocycles. The standard InChI is InChI=1S/C13H10F3NO3/c14-13(15,16)10-5-7(10)6-20-17-11(18)8-3-1-2-4-9(8)12(17)19/h1-4,7,10H,5-6H2. The molecule has 2 atom stereocenters. The summed E-state index contributed by atoms with van der Waals surface area (Å²) in [5, 5.41) is 0.552. The number of nitrogens with zero attached hydrogens (tertiary/aromatic N) is 1. The molecule has 0 radical (unpaired) electrons. The summed E-state index contributed by atoms with van der Waals surface area (Å²) < 4.78 is 37.1. The number of alkyl halides is 3. The Kier molecular flexibility index (Phi) is 2.82. The lowest BCUT2D eigenvalue weighted by Gasteiger charge is -2.13. The second-order valence-corrected chi connectivity index (χ2v) is 4.89. The van der Waals surface area contributed by atoms with Gasteiger partial charge in [0.2, 0.25) is 0 Å². The van der Waals surface area contributed by atoms with Crippen molar-refractivity contribution in [3.05, 3.63) is 35.4 Å². The van der Waals surface area contributed by atoms with Crippen LogP contribution in [0.1, 0.15) is 27.1 Å². The highest BCUT2D eigenvalue weighted by Gasteiger charge is 2.56. The lowest BCUT2D eigenvalue weighted by atomic mass is 10.1. The third kappa shape index (κ3) is 2.07. The normalized spacial score (nSPS) is 25.1. The van der Waals surface area contributed by atoms with Gasteiger partial charge in [-0.25, -0.2) is 0 Å². The van der Waals surface area contributed by atoms with Crippen LogP contribution < -0.4 is 0 Å². The van der Waals surface area contributed by atoms with Gasteiger partial charge in [-0.2, -0.15) is 13.2 Å². The number of rotatable bonds is 3. The number of halogens is 3. The molecule has 7 heteroatoms. The summed E-state index contributed by atoms with van der Waals surface area (Å²) in [4.78, 5) is 28.7. The van der Waals surface area contributed by atoms with Gasteiger partial charge in [0.05, 0.1) is 23.7 Å². The van der Waals surface area contributed by atoms with E-state index < -0.39 is 29.8 Å². The Labute approximate surface area is 112 Å². The molecule has 1 fully saturated rings. The SMILES string of the molecule is O=C1c2ccccc2C(=O)N1OCC1CC1C(F)(F)F. The van der Waals surface area contributed by atoms with E-state index in [9.17, 15) is 22.8 Å². The van der Waals surface area contributed by atoms with Gasteiger partial charge in [0.1, 0.15) is 0 Å². The molecule has 1 heterocycles. The Hall–Kier alpha value is -1.89. The molecule has 2 unspecified atom stereocenters. The molecule has 1 aromatic carbocycles. The maximum atomic E-state index is 12.4. The lowest BCUT2D eigenvalue weighted by molar-refractivity contribution is -0.157. The molecule has 1 saturated carbocycles. The largest absolute Gasteiger partial charge is 0.392 e. The van der Waals surface area contributed by atoms with E-state index in [2.05, 4.69) is 0 Å². The van der Waals surface area contributed by atoms with Gasteiger partial charge in [-0.1, -0.05) is 12.1 Å². The second-order valence-electron chi connectivity index (χ2n) is 4.89. The van der Waals surface area contributed by atoms with Gasteiger partial charge >= 0.3 is 6.18 Å². The van der Waals surface area contributed by atoms with Crippen molar-refractivity contribution in [2.24, 2.45) is 11.8 Å². The van der Waals surface area contributed by atoms with Gasteiger partial charge in [0, 0.05) is 0 Å². The van der Waals surface area contributed by atoms with Crippen molar-refractivity contribution in [2.75, 3.05) is 6.61 Å². The number of hydrogen-bond donors (Lipinski definition) is 0. The van der Waals surface area contributed by atoms with Crippen LogP contribution in [0.25, 0.3) is 0 Å². The number of hydroxylamine groups is 2. The molecular formula is C13H10F3NO3. The first-order valence-corrected chi connectivity index (χ1v) is 6.07. The summed E-state index contributed by atoms with van der Waals surface area (Å²) >= 11 is 0. The van der Waals surface area contributed by atoms with E-state index >= 15 is 0 Å². The van der Waals surface area contributed by atoms with Gasteiger partial charge in [-0.3, -0.25) is 14.4 Å². The van der Waals surface area contributed by atoms with Crippen LogP contribution in [0.15, 0.2) is 24.3 Å². The molecular weight excluding hydrogens is 275 g/mol. The van der Waals surface area contributed by atoms with Gasteiger partial charge in [0.25, 0.3) is 11.8 Å². The zero-order valence-electron chi connectivity index (χ0n) is 10.2. The van der Waals surface area contributed by atoms with Crippen LogP contribution in [0.3, 0.4) is 0 Å². The summed E-state index contributed by atoms with van der Waals surface area (Å²) in [5.41, 5.74) is 0.418. The van der Waals surface area contributed by atoms with Gasteiger partial charge in [0.15, 0.2) is 0 Å². The average Bonchev–Trinajstić information content (AvgIpc) is 3.14. The monoisotopic (exact) mass is 285 g/mol. The van der Waals surface area contributed by atoms with Crippen molar-refractivity contribution < 1.29 is 27.6 Å². The molecule has 0 N–H and O–H groups in total. The molecule has 0 spiro atoms. The molecule has 0 saturated heterocycles. The Morgan fingerprint density at radius 2 is 1.70 bits per heavy atom. The van der Waals surface area contributed by atoms with E-state index in [0.717, 1.165) is 0 Å². The molecule has 3 rings (SSSR count). The highest BCUT2D eigenvalue weighted by Crippen LogP contribution is 2.50. The Bertz CT molecular complexity index is 549. The van der Waals surface area contributed by atoms with Crippen LogP contribution in [-0.2, 0) is 4.84 Å². The van der Waals surface area contributed by atoms with Crippen LogP contribution in [0.4, 0.5) is 13.2 Å². The summed E-state index contributed by atoms with van der Waals surface area (Å²) in [7, 11) is 0. The Morgan fingerprint density at radius 3 is 2.15 bits per heavy atom. The van der Waals surface area contributed by atoms with Gasteiger partial charge < -0.3 is 0 Å². The number of imide groups is 1. The predicted octanol–water partition coefficient (Wildman–Crippen LogP) is 2.41. The average molecular weight is 285 g/mol. The molecule has 2 amide bonds. The molecule has 20 heavy (non-hydrogen) atoms. The van der Waals surface area contributed by atoms with E-state index in [4.69, 9.17) is 4.84 Å². The molecule has 0 bridgehead atoms. The molecule has 2 aliphatic rings. The van der Waals surface area contributed by atoms with E-state index in [0.29, 0.717) is 5.06 Å². The number of carbonyl (C=O) groups excluding carboxylic acids is 2. The smallest absolute Gasteiger partial charge is 0.266 e. The van der Waals surface area contributed by atoms with Crippen molar-refractivity contribution >= 4 is 11.8 Å². The van der Waals surface area contributed by atoms with Crippen LogP contribution in [0.5, 0.6) is 0 Å². The van der Waals surface area contributed by atoms with Gasteiger partial charge in [-0.15, -0.1) is 5.06 Å². The Morgan fingerprint density at radius 1 is 1.15 bits per heavy atom. The molecule has 0 aromatic heterocycles. The summed E-state index contributed by atoms with van der Waals surface area (Å²) in [6.45, 7) is -0.282. The minimum absolute atomic E-state index is 0.0212. The number of benzene rings is 1. The molecule has 1 aliphatic heterocycles. The highest BCUT2D eigenvalue weighted by molar-refractivity contribution is 6.20. The quantitative estimate of drug-likeness (QED) is 0.801. The van der Waals surface area contributed by atoms with Gasteiger partial charge in [-0.05, 0) is 24.5 Å². The summed E-state index contributed by atoms with van der Waals surface area (Å²) in [6.07, 6.45) is -4.26. The molecule has 1 aromatic rings. The van der Waals surface area contributed by atoms with Crippen molar-refractivity contribution in [1.82, 2.24) is 5.06 Å². The lowest BCUT2D eigenvalue weighted by Crippen LogP contribution is -2.31. The zero-order chi connectivity index (χ0) is 14.5. The minimum Gasteiger partial charge on any atom is -0.266 e. The summed E-state index contributed by atoms with van der Waals surface area (Å²) in [5.74, 6) is -3.33. The number of fused-ring (bicyclic) bond motifs is 1. The fraction of sp³-hybridized carbons (Fsp3) is 0.385. The number of hydrogen-bond acceptors (Lipinski definition) is 3. The first-order chi connectivity index (χ1) is 9.39. The fourth-order valence-electron chi connectivity index (χ4n) is 2.29. The topological polar surface area (TPSA) is 46.6 Å². The van der Waals surface area contributed by atoms with Crippen LogP contribution in [0, 0.1) is 11.8 Å². The summed E-state index contributed by atoms with van der Waals surface area (Å²) in [6, 6.07) is 6.17. The van der Waals surface area contributed by atoms with E-state index in [-0.39, 0.29) is 24.2 Å². The minimum atomic E-state index is -4.24. The third-order valence-corrected chi connectivity index (χ3v) is 3.52. The molecule has 106 valence electrons. The molecule has 4 nitrogen and oxygen atoms in total. The number of amides is 2. The zero-order valence-corrected chi connectivity index (χ0v) is 10.2. The van der Waals surface area contributed by atoms with E-state index in [1.165, 1.54) is 12.1 Å². The first-order valence-electron chi connectivity index (χ1n) is 6.07. The maximum Gasteiger partial charge on any atom is 0.392 e. The van der Waals surface area contributed by atoms with E-state index in [1.54, 1.807) is 12.1 Å². The second kappa shape index (κ2) is 4.31. The fourth-order valence-corrected chi connectivity index (χ4v) is 2.29. The highest BCUT2D eigenvalue weighted by atomic mass is 19.4. The predicted molar refractivity (Wildman–Crippen MR) is 60.5 cm³/mol. The maximum absolute atomic E-state index is 12.4. The van der Waals surface area contributed by atoms with Crippen molar-refractivity contribution in [2.45, 2.75) is 12.6 Å². The van der Waals surface area contributed by atoms with E-state index in [1.807, 2.05) is 0 Å². The number of carbonyl (C=O) groups is 2. The first kappa shape index (κ1) is 13.1. The third-order valence-electron chi connectivity index (χ3n) is 3.52.